The van der Waals surface area contributed by atoms with Crippen molar-refractivity contribution in [3.63, 3.8) is 0 Å². The number of carbonyl (C=O) groups excluding carboxylic acids is 1. The fraction of sp³-hybridized carbons (Fsp3) is 0.333. The first kappa shape index (κ1) is 25.0. The summed E-state index contributed by atoms with van der Waals surface area (Å²) >= 11 is 0. The van der Waals surface area contributed by atoms with Gasteiger partial charge < -0.3 is 20.3 Å². The van der Waals surface area contributed by atoms with Crippen molar-refractivity contribution in [2.75, 3.05) is 32.8 Å². The van der Waals surface area contributed by atoms with Gasteiger partial charge in [-0.25, -0.2) is 13.1 Å². The van der Waals surface area contributed by atoms with Gasteiger partial charge in [0.2, 0.25) is 15.7 Å². The molecule has 2 aromatic carbocycles. The Balaban J connectivity index is 1.43. The molecule has 0 saturated carbocycles. The van der Waals surface area contributed by atoms with Gasteiger partial charge in [0.25, 0.3) is 5.91 Å². The van der Waals surface area contributed by atoms with E-state index in [4.69, 9.17) is 15.2 Å². The Bertz CT molecular complexity index is 1310. The number of hydrogen-bond acceptors (Lipinski definition) is 8. The molecule has 11 heteroatoms. The summed E-state index contributed by atoms with van der Waals surface area (Å²) in [5.74, 6) is -0.547. The molecule has 3 aromatic rings. The molecule has 186 valence electrons. The summed E-state index contributed by atoms with van der Waals surface area (Å²) in [6.07, 6.45) is 0. The lowest BCUT2D eigenvalue weighted by molar-refractivity contribution is -0.167. The lowest BCUT2D eigenvalue weighted by Gasteiger charge is -2.39. The van der Waals surface area contributed by atoms with Gasteiger partial charge in [-0.3, -0.25) is 14.7 Å². The summed E-state index contributed by atoms with van der Waals surface area (Å²) < 4.78 is 39.0. The summed E-state index contributed by atoms with van der Waals surface area (Å²) in [5.41, 5.74) is 5.96. The Morgan fingerprint density at radius 1 is 1.20 bits per heavy atom. The van der Waals surface area contributed by atoms with E-state index >= 15 is 0 Å². The molecule has 1 aromatic heterocycles. The molecule has 1 fully saturated rings. The number of primary amides is 1. The largest absolute Gasteiger partial charge is 0.489 e. The molecule has 1 atom stereocenters. The number of benzene rings is 2. The second-order valence-electron chi connectivity index (χ2n) is 8.30. The van der Waals surface area contributed by atoms with Crippen LogP contribution in [-0.4, -0.2) is 67.9 Å². The number of para-hydroxylation sites is 1. The van der Waals surface area contributed by atoms with E-state index in [2.05, 4.69) is 9.71 Å². The SMILES string of the molecule is Cc1cc(COc2ccc(S(=O)(=O)NCC(O)(C(N)=O)N3CCOCC3)cc2)c2ccccc2n1. The van der Waals surface area contributed by atoms with Crippen molar-refractivity contribution in [3.8, 4) is 5.75 Å². The Labute approximate surface area is 203 Å². The topological polar surface area (TPSA) is 144 Å². The zero-order valence-electron chi connectivity index (χ0n) is 19.3. The van der Waals surface area contributed by atoms with E-state index in [0.29, 0.717) is 25.6 Å². The predicted octanol–water partition coefficient (Wildman–Crippen LogP) is 0.907. The predicted molar refractivity (Wildman–Crippen MR) is 129 cm³/mol. The fourth-order valence-electron chi connectivity index (χ4n) is 3.96. The number of hydrogen-bond donors (Lipinski definition) is 3. The van der Waals surface area contributed by atoms with E-state index in [0.717, 1.165) is 22.2 Å². The average Bonchev–Trinajstić information content (AvgIpc) is 2.86. The molecule has 4 N–H and O–H groups in total. The van der Waals surface area contributed by atoms with Crippen molar-refractivity contribution in [1.29, 1.82) is 0 Å². The molecule has 0 spiro atoms. The van der Waals surface area contributed by atoms with E-state index < -0.39 is 28.2 Å². The van der Waals surface area contributed by atoms with E-state index in [1.165, 1.54) is 17.0 Å². The molecule has 2 heterocycles. The van der Waals surface area contributed by atoms with Crippen LogP contribution in [0.25, 0.3) is 10.9 Å². The summed E-state index contributed by atoms with van der Waals surface area (Å²) in [5, 5.41) is 11.8. The van der Waals surface area contributed by atoms with Gasteiger partial charge in [0.1, 0.15) is 12.4 Å². The standard InChI is InChI=1S/C24H28N4O6S/c1-17-14-18(21-4-2-3-5-22(21)27-17)15-34-19-6-8-20(9-7-19)35(31,32)26-16-24(30,23(25)29)28-10-12-33-13-11-28/h2-9,14,26,30H,10-13,15-16H2,1H3,(H2,25,29). The second-order valence-corrected chi connectivity index (χ2v) is 10.1. The average molecular weight is 501 g/mol. The number of nitrogens with zero attached hydrogens (tertiary/aromatic N) is 2. The normalized spacial score (nSPS) is 16.6. The first-order valence-corrected chi connectivity index (χ1v) is 12.6. The maximum atomic E-state index is 12.8. The third kappa shape index (κ3) is 5.60. The third-order valence-corrected chi connectivity index (χ3v) is 7.31. The van der Waals surface area contributed by atoms with Crippen molar-refractivity contribution in [3.05, 3.63) is 65.9 Å². The van der Waals surface area contributed by atoms with Gasteiger partial charge in [0.15, 0.2) is 0 Å². The Morgan fingerprint density at radius 3 is 2.57 bits per heavy atom. The summed E-state index contributed by atoms with van der Waals surface area (Å²) in [4.78, 5) is 17.8. The van der Waals surface area contributed by atoms with Gasteiger partial charge in [-0.05, 0) is 43.3 Å². The van der Waals surface area contributed by atoms with Crippen molar-refractivity contribution < 1.29 is 27.8 Å². The van der Waals surface area contributed by atoms with Crippen LogP contribution in [0.15, 0.2) is 59.5 Å². The molecular weight excluding hydrogens is 472 g/mol. The molecule has 4 rings (SSSR count). The molecular formula is C24H28N4O6S. The summed E-state index contributed by atoms with van der Waals surface area (Å²) in [6.45, 7) is 2.73. The quantitative estimate of drug-likeness (QED) is 0.393. The van der Waals surface area contributed by atoms with Crippen LogP contribution in [0.3, 0.4) is 0 Å². The highest BCUT2D eigenvalue weighted by Crippen LogP contribution is 2.22. The maximum Gasteiger partial charge on any atom is 0.266 e. The van der Waals surface area contributed by atoms with Gasteiger partial charge in [0, 0.05) is 29.7 Å². The number of aromatic nitrogens is 1. The van der Waals surface area contributed by atoms with E-state index in [-0.39, 0.29) is 18.0 Å². The van der Waals surface area contributed by atoms with Crippen LogP contribution >= 0.6 is 0 Å². The van der Waals surface area contributed by atoms with Crippen LogP contribution in [0.4, 0.5) is 0 Å². The van der Waals surface area contributed by atoms with Crippen molar-refractivity contribution in [2.24, 2.45) is 5.73 Å². The van der Waals surface area contributed by atoms with Crippen molar-refractivity contribution >= 4 is 26.8 Å². The number of pyridine rings is 1. The first-order chi connectivity index (χ1) is 16.7. The van der Waals surface area contributed by atoms with Crippen LogP contribution in [0, 0.1) is 6.92 Å². The second kappa shape index (κ2) is 10.3. The number of aliphatic hydroxyl groups is 1. The number of rotatable bonds is 9. The number of ether oxygens (including phenoxy) is 2. The first-order valence-electron chi connectivity index (χ1n) is 11.1. The number of amides is 1. The Morgan fingerprint density at radius 2 is 1.89 bits per heavy atom. The van der Waals surface area contributed by atoms with E-state index in [1.54, 1.807) is 12.1 Å². The van der Waals surface area contributed by atoms with Gasteiger partial charge in [-0.2, -0.15) is 0 Å². The Hall–Kier alpha value is -3.09. The molecule has 35 heavy (non-hydrogen) atoms. The smallest absolute Gasteiger partial charge is 0.266 e. The fourth-order valence-corrected chi connectivity index (χ4v) is 5.01. The third-order valence-electron chi connectivity index (χ3n) is 5.90. The van der Waals surface area contributed by atoms with Gasteiger partial charge >= 0.3 is 0 Å². The van der Waals surface area contributed by atoms with Crippen molar-refractivity contribution in [1.82, 2.24) is 14.6 Å². The van der Waals surface area contributed by atoms with Crippen LogP contribution in [0.2, 0.25) is 0 Å². The minimum absolute atomic E-state index is 0.0381. The molecule has 1 saturated heterocycles. The summed E-state index contributed by atoms with van der Waals surface area (Å²) in [7, 11) is -4.02. The molecule has 0 bridgehead atoms. The number of nitrogens with two attached hydrogens (primary N) is 1. The zero-order valence-corrected chi connectivity index (χ0v) is 20.1. The molecule has 1 aliphatic heterocycles. The lowest BCUT2D eigenvalue weighted by Crippen LogP contribution is -2.65. The number of carbonyl (C=O) groups is 1. The van der Waals surface area contributed by atoms with Gasteiger partial charge in [0.05, 0.1) is 30.2 Å². The van der Waals surface area contributed by atoms with Crippen LogP contribution in [-0.2, 0) is 26.2 Å². The Kier molecular flexibility index (Phi) is 7.33. The molecule has 0 radical (unpaired) electrons. The minimum atomic E-state index is -4.02. The highest BCUT2D eigenvalue weighted by molar-refractivity contribution is 7.89. The summed E-state index contributed by atoms with van der Waals surface area (Å²) in [6, 6.07) is 15.6. The highest BCUT2D eigenvalue weighted by Gasteiger charge is 2.42. The molecule has 1 amide bonds. The molecule has 0 aliphatic carbocycles. The van der Waals surface area contributed by atoms with Crippen LogP contribution in [0.1, 0.15) is 11.3 Å². The molecule has 10 nitrogen and oxygen atoms in total. The van der Waals surface area contributed by atoms with E-state index in [9.17, 15) is 18.3 Å². The monoisotopic (exact) mass is 500 g/mol. The van der Waals surface area contributed by atoms with E-state index in [1.807, 2.05) is 37.3 Å². The zero-order chi connectivity index (χ0) is 25.1. The minimum Gasteiger partial charge on any atom is -0.489 e. The molecule has 1 aliphatic rings. The van der Waals surface area contributed by atoms with Gasteiger partial charge in [-0.1, -0.05) is 18.2 Å². The maximum absolute atomic E-state index is 12.8. The number of nitrogens with one attached hydrogen (secondary N) is 1. The highest BCUT2D eigenvalue weighted by atomic mass is 32.2. The molecule has 1 unspecified atom stereocenters. The number of fused-ring (bicyclic) bond motifs is 1. The lowest BCUT2D eigenvalue weighted by atomic mass is 10.1. The van der Waals surface area contributed by atoms with Crippen LogP contribution in [0.5, 0.6) is 5.75 Å². The number of sulfonamides is 1. The van der Waals surface area contributed by atoms with Crippen molar-refractivity contribution in [2.45, 2.75) is 24.2 Å². The number of morpholine rings is 1. The number of aryl methyl sites for hydroxylation is 1. The van der Waals surface area contributed by atoms with Gasteiger partial charge in [-0.15, -0.1) is 0 Å². The van der Waals surface area contributed by atoms with Crippen LogP contribution < -0.4 is 15.2 Å².